The van der Waals surface area contributed by atoms with E-state index in [4.69, 9.17) is 5.26 Å². The fourth-order valence-electron chi connectivity index (χ4n) is 2.00. The molecular formula is C17H17N3O3S. The summed E-state index contributed by atoms with van der Waals surface area (Å²) in [7, 11) is -3.56. The average Bonchev–Trinajstić information content (AvgIpc) is 2.54. The zero-order valence-electron chi connectivity index (χ0n) is 13.3. The van der Waals surface area contributed by atoms with Gasteiger partial charge < -0.3 is 5.32 Å². The number of rotatable bonds is 5. The van der Waals surface area contributed by atoms with E-state index in [2.05, 4.69) is 10.0 Å². The number of nitrogens with one attached hydrogen (secondary N) is 2. The van der Waals surface area contributed by atoms with Crippen molar-refractivity contribution in [3.05, 3.63) is 59.7 Å². The fourth-order valence-corrected chi connectivity index (χ4v) is 3.25. The Balaban J connectivity index is 2.11. The van der Waals surface area contributed by atoms with Gasteiger partial charge in [-0.1, -0.05) is 0 Å². The molecule has 2 rings (SSSR count). The molecule has 0 aliphatic carbocycles. The first-order valence-corrected chi connectivity index (χ1v) is 8.74. The minimum atomic E-state index is -3.56. The first kappa shape index (κ1) is 17.7. The second kappa shape index (κ2) is 7.25. The van der Waals surface area contributed by atoms with Gasteiger partial charge in [-0.05, 0) is 62.4 Å². The van der Waals surface area contributed by atoms with Crippen LogP contribution in [0.3, 0.4) is 0 Å². The first-order valence-electron chi connectivity index (χ1n) is 7.26. The Kier molecular flexibility index (Phi) is 5.34. The van der Waals surface area contributed by atoms with Gasteiger partial charge in [0.2, 0.25) is 10.0 Å². The van der Waals surface area contributed by atoms with E-state index < -0.39 is 10.0 Å². The Hall–Kier alpha value is -2.69. The minimum absolute atomic E-state index is 0.132. The van der Waals surface area contributed by atoms with Crippen LogP contribution in [0.25, 0.3) is 0 Å². The molecule has 2 aromatic rings. The van der Waals surface area contributed by atoms with E-state index >= 15 is 0 Å². The van der Waals surface area contributed by atoms with Crippen molar-refractivity contribution < 1.29 is 13.2 Å². The summed E-state index contributed by atoms with van der Waals surface area (Å²) < 4.78 is 26.6. The fraction of sp³-hybridized carbons (Fsp3) is 0.176. The van der Waals surface area contributed by atoms with Gasteiger partial charge in [0.1, 0.15) is 0 Å². The quantitative estimate of drug-likeness (QED) is 0.871. The van der Waals surface area contributed by atoms with Crippen LogP contribution >= 0.6 is 0 Å². The zero-order chi connectivity index (χ0) is 17.7. The van der Waals surface area contributed by atoms with Gasteiger partial charge in [-0.25, -0.2) is 13.1 Å². The second-order valence-corrected chi connectivity index (χ2v) is 7.16. The van der Waals surface area contributed by atoms with Gasteiger partial charge in [-0.15, -0.1) is 0 Å². The molecule has 0 saturated heterocycles. The molecule has 1 amide bonds. The lowest BCUT2D eigenvalue weighted by Gasteiger charge is -2.10. The van der Waals surface area contributed by atoms with Crippen LogP contribution in [0.5, 0.6) is 0 Å². The van der Waals surface area contributed by atoms with Crippen molar-refractivity contribution in [3.63, 3.8) is 0 Å². The molecule has 0 aliphatic heterocycles. The number of hydrogen-bond acceptors (Lipinski definition) is 4. The molecule has 0 aromatic heterocycles. The van der Waals surface area contributed by atoms with Crippen LogP contribution in [0.15, 0.2) is 53.4 Å². The molecule has 0 atom stereocenters. The lowest BCUT2D eigenvalue weighted by molar-refractivity contribution is 0.102. The van der Waals surface area contributed by atoms with Crippen LogP contribution < -0.4 is 10.0 Å². The molecule has 24 heavy (non-hydrogen) atoms. The van der Waals surface area contributed by atoms with Crippen molar-refractivity contribution in [1.29, 1.82) is 5.26 Å². The summed E-state index contributed by atoms with van der Waals surface area (Å²) >= 11 is 0. The summed E-state index contributed by atoms with van der Waals surface area (Å²) in [6.07, 6.45) is 0. The number of anilines is 1. The summed E-state index contributed by atoms with van der Waals surface area (Å²) in [6.45, 7) is 3.48. The van der Waals surface area contributed by atoms with E-state index in [0.717, 1.165) is 0 Å². The Morgan fingerprint density at radius 2 is 1.62 bits per heavy atom. The molecule has 0 saturated carbocycles. The molecule has 0 radical (unpaired) electrons. The van der Waals surface area contributed by atoms with Gasteiger partial charge in [0, 0.05) is 17.3 Å². The Morgan fingerprint density at radius 1 is 1.04 bits per heavy atom. The maximum Gasteiger partial charge on any atom is 0.255 e. The van der Waals surface area contributed by atoms with E-state index in [0.29, 0.717) is 16.8 Å². The van der Waals surface area contributed by atoms with Gasteiger partial charge >= 0.3 is 0 Å². The van der Waals surface area contributed by atoms with Crippen molar-refractivity contribution >= 4 is 21.6 Å². The van der Waals surface area contributed by atoms with Crippen LogP contribution in [0.1, 0.15) is 29.8 Å². The van der Waals surface area contributed by atoms with Crippen LogP contribution in [-0.2, 0) is 10.0 Å². The Bertz CT molecular complexity index is 865. The third-order valence-electron chi connectivity index (χ3n) is 3.09. The van der Waals surface area contributed by atoms with E-state index in [1.807, 2.05) is 6.07 Å². The van der Waals surface area contributed by atoms with Crippen molar-refractivity contribution in [2.45, 2.75) is 24.8 Å². The summed E-state index contributed by atoms with van der Waals surface area (Å²) in [5, 5.41) is 11.4. The van der Waals surface area contributed by atoms with Crippen molar-refractivity contribution in [1.82, 2.24) is 4.72 Å². The van der Waals surface area contributed by atoms with Crippen molar-refractivity contribution in [2.75, 3.05) is 5.32 Å². The number of carbonyl (C=O) groups excluding carboxylic acids is 1. The van der Waals surface area contributed by atoms with Gasteiger partial charge in [0.05, 0.1) is 16.5 Å². The predicted octanol–water partition coefficient (Wildman–Crippen LogP) is 2.50. The molecule has 0 spiro atoms. The highest BCUT2D eigenvalue weighted by Gasteiger charge is 2.15. The van der Waals surface area contributed by atoms with Gasteiger partial charge in [-0.3, -0.25) is 4.79 Å². The molecule has 7 heteroatoms. The summed E-state index contributed by atoms with van der Waals surface area (Å²) in [6, 6.07) is 13.9. The predicted molar refractivity (Wildman–Crippen MR) is 91.0 cm³/mol. The highest BCUT2D eigenvalue weighted by Crippen LogP contribution is 2.15. The molecular weight excluding hydrogens is 326 g/mol. The van der Waals surface area contributed by atoms with Gasteiger partial charge in [0.15, 0.2) is 0 Å². The monoisotopic (exact) mass is 343 g/mol. The number of nitrogens with zero attached hydrogens (tertiary/aromatic N) is 1. The van der Waals surface area contributed by atoms with Crippen molar-refractivity contribution in [2.24, 2.45) is 0 Å². The third kappa shape index (κ3) is 4.41. The topological polar surface area (TPSA) is 99.1 Å². The number of sulfonamides is 1. The van der Waals surface area contributed by atoms with Gasteiger partial charge in [0.25, 0.3) is 5.91 Å². The molecule has 124 valence electrons. The smallest absolute Gasteiger partial charge is 0.255 e. The maximum atomic E-state index is 12.1. The minimum Gasteiger partial charge on any atom is -0.322 e. The van der Waals surface area contributed by atoms with E-state index in [9.17, 15) is 13.2 Å². The highest BCUT2D eigenvalue weighted by atomic mass is 32.2. The van der Waals surface area contributed by atoms with Crippen LogP contribution in [0.4, 0.5) is 5.69 Å². The number of benzene rings is 2. The number of hydrogen-bond donors (Lipinski definition) is 2. The van der Waals surface area contributed by atoms with E-state index in [1.165, 1.54) is 24.3 Å². The SMILES string of the molecule is CC(C)NS(=O)(=O)c1ccc(NC(=O)c2ccc(C#N)cc2)cc1. The molecule has 0 heterocycles. The number of amides is 1. The molecule has 0 bridgehead atoms. The van der Waals surface area contributed by atoms with E-state index in [-0.39, 0.29) is 16.8 Å². The second-order valence-electron chi connectivity index (χ2n) is 5.44. The molecule has 0 aliphatic rings. The van der Waals surface area contributed by atoms with Crippen LogP contribution in [-0.4, -0.2) is 20.4 Å². The third-order valence-corrected chi connectivity index (χ3v) is 4.76. The average molecular weight is 343 g/mol. The molecule has 2 aromatic carbocycles. The summed E-state index contributed by atoms with van der Waals surface area (Å²) in [4.78, 5) is 12.2. The highest BCUT2D eigenvalue weighted by molar-refractivity contribution is 7.89. The Morgan fingerprint density at radius 3 is 2.12 bits per heavy atom. The molecule has 6 nitrogen and oxygen atoms in total. The normalized spacial score (nSPS) is 11.1. The zero-order valence-corrected chi connectivity index (χ0v) is 14.1. The van der Waals surface area contributed by atoms with Gasteiger partial charge in [-0.2, -0.15) is 5.26 Å². The number of carbonyl (C=O) groups is 1. The molecule has 2 N–H and O–H groups in total. The largest absolute Gasteiger partial charge is 0.322 e. The Labute approximate surface area is 141 Å². The van der Waals surface area contributed by atoms with Crippen molar-refractivity contribution in [3.8, 4) is 6.07 Å². The van der Waals surface area contributed by atoms with Crippen LogP contribution in [0.2, 0.25) is 0 Å². The lowest BCUT2D eigenvalue weighted by Crippen LogP contribution is -2.30. The maximum absolute atomic E-state index is 12.1. The summed E-state index contributed by atoms with van der Waals surface area (Å²) in [5.41, 5.74) is 1.36. The lowest BCUT2D eigenvalue weighted by atomic mass is 10.1. The summed E-state index contributed by atoms with van der Waals surface area (Å²) in [5.74, 6) is -0.338. The van der Waals surface area contributed by atoms with Crippen LogP contribution in [0, 0.1) is 11.3 Å². The van der Waals surface area contributed by atoms with E-state index in [1.54, 1.807) is 38.1 Å². The first-order chi connectivity index (χ1) is 11.3. The standard InChI is InChI=1S/C17H17N3O3S/c1-12(2)20-24(22,23)16-9-7-15(8-10-16)19-17(21)14-5-3-13(11-18)4-6-14/h3-10,12,20H,1-2H3,(H,19,21). The molecule has 0 unspecified atom stereocenters. The molecule has 0 fully saturated rings. The number of nitriles is 1.